The van der Waals surface area contributed by atoms with Gasteiger partial charge in [0.25, 0.3) is 0 Å². The molecule has 0 radical (unpaired) electrons. The minimum atomic E-state index is -5.53. The number of anilines is 1. The van der Waals surface area contributed by atoms with Crippen LogP contribution in [0, 0.1) is 0 Å². The third-order valence-corrected chi connectivity index (χ3v) is 13.8. The molecule has 21 nitrogen and oxygen atoms in total. The Balaban J connectivity index is 1.90. The van der Waals surface area contributed by atoms with Crippen LogP contribution < -0.4 is 11.4 Å². The molecule has 2 rings (SSSR count). The lowest BCUT2D eigenvalue weighted by Crippen LogP contribution is -2.36. The molecule has 0 bridgehead atoms. The van der Waals surface area contributed by atoms with Gasteiger partial charge in [-0.3, -0.25) is 23.2 Å². The van der Waals surface area contributed by atoms with Crippen LogP contribution in [0.4, 0.5) is 5.82 Å². The van der Waals surface area contributed by atoms with Crippen LogP contribution in [-0.2, 0) is 46.3 Å². The maximum Gasteiger partial charge on any atom is 0.481 e. The van der Waals surface area contributed by atoms with Crippen molar-refractivity contribution >= 4 is 33.4 Å². The van der Waals surface area contributed by atoms with Gasteiger partial charge in [0, 0.05) is 19.0 Å². The van der Waals surface area contributed by atoms with Gasteiger partial charge in [-0.25, -0.2) is 13.9 Å². The Morgan fingerprint density at radius 3 is 1.96 bits per heavy atom. The van der Waals surface area contributed by atoms with E-state index in [0.29, 0.717) is 19.3 Å². The zero-order chi connectivity index (χ0) is 56.7. The van der Waals surface area contributed by atoms with Gasteiger partial charge >= 0.3 is 33.3 Å². The highest BCUT2D eigenvalue weighted by molar-refractivity contribution is 7.61. The van der Waals surface area contributed by atoms with E-state index >= 15 is 0 Å². The summed E-state index contributed by atoms with van der Waals surface area (Å²) in [6.07, 6.45) is 35.1. The standard InChI is InChI=1S/C54H83N3O18P2/c1-3-5-7-8-9-10-11-12-13-14-15-16-17-18-19-20-21-26-30-36-49(61)70-40-44(73-50(62)37-31-35-46(60)45(59)34-29-25-23-22-24-28-33-43(58)32-27-6-4-2)41-71-76(66,67)75-77(68,69)72-42-47-51(63)52(64)53(74-47)57-39-38-48(55)56-54(57)65/h5,7,9-10,12-13,15-16,18-19,22-25,28-29,33-34,38-39,43-47,51-53,58-60,63-64H,3-4,6,8,11,14,17,20-21,26-27,30-32,35-37,40-42H2,1-2H3,(H,66,67)(H,68,69)(H2,55,56,65)/b7-5-,10-9-,13-12-,16-15-,19-18-,24-22-,25-23+,33-28+,34-29+/t43-,44+,45-,46-,47+,51+,52+,53+/m0/s1. The molecule has 9 N–H and O–H groups in total. The van der Waals surface area contributed by atoms with Crippen molar-refractivity contribution in [2.75, 3.05) is 25.6 Å². The fraction of sp³-hybridized carbons (Fsp3) is 0.556. The maximum absolute atomic E-state index is 12.9. The Hall–Kier alpha value is -4.70. The molecule has 432 valence electrons. The average Bonchev–Trinajstić information content (AvgIpc) is 3.66. The molecule has 23 heteroatoms. The summed E-state index contributed by atoms with van der Waals surface area (Å²) >= 11 is 0. The van der Waals surface area contributed by atoms with Gasteiger partial charge in [-0.1, -0.05) is 149 Å². The smallest absolute Gasteiger partial charge is 0.462 e. The number of carbonyl (C=O) groups is 2. The van der Waals surface area contributed by atoms with Crippen LogP contribution >= 0.6 is 15.6 Å². The molecule has 0 aromatic carbocycles. The molecule has 0 spiro atoms. The minimum Gasteiger partial charge on any atom is -0.462 e. The minimum absolute atomic E-state index is 0.00732. The molecule has 77 heavy (non-hydrogen) atoms. The first-order valence-corrected chi connectivity index (χ1v) is 29.2. The number of nitrogens with zero attached hydrogens (tertiary/aromatic N) is 2. The quantitative estimate of drug-likeness (QED) is 0.0101. The number of ether oxygens (including phenoxy) is 3. The van der Waals surface area contributed by atoms with Gasteiger partial charge < -0.3 is 55.3 Å². The van der Waals surface area contributed by atoms with Crippen molar-refractivity contribution in [2.45, 2.75) is 172 Å². The number of hydrogen-bond donors (Lipinski definition) is 8. The van der Waals surface area contributed by atoms with Crippen LogP contribution in [0.2, 0.25) is 0 Å². The zero-order valence-corrected chi connectivity index (χ0v) is 46.1. The second-order valence-electron chi connectivity index (χ2n) is 17.9. The van der Waals surface area contributed by atoms with E-state index in [-0.39, 0.29) is 31.5 Å². The summed E-state index contributed by atoms with van der Waals surface area (Å²) in [5.41, 5.74) is 4.55. The number of carbonyl (C=O) groups excluding carboxylic acids is 2. The van der Waals surface area contributed by atoms with Crippen LogP contribution in [0.15, 0.2) is 126 Å². The first kappa shape index (κ1) is 68.4. The number of aliphatic hydroxyl groups excluding tert-OH is 5. The first-order chi connectivity index (χ1) is 36.9. The number of allylic oxidation sites excluding steroid dienone is 16. The normalized spacial score (nSPS) is 20.7. The number of nitrogen functional groups attached to an aromatic ring is 1. The number of aliphatic hydroxyl groups is 5. The predicted molar refractivity (Wildman–Crippen MR) is 292 cm³/mol. The molecular formula is C54H83N3O18P2. The van der Waals surface area contributed by atoms with E-state index in [1.54, 1.807) is 36.5 Å². The van der Waals surface area contributed by atoms with Crippen LogP contribution in [-0.4, -0.2) is 119 Å². The number of hydrogen-bond acceptors (Lipinski definition) is 18. The first-order valence-electron chi connectivity index (χ1n) is 26.2. The topological polar surface area (TPSA) is 326 Å². The van der Waals surface area contributed by atoms with E-state index in [1.165, 1.54) is 18.2 Å². The van der Waals surface area contributed by atoms with E-state index in [1.807, 2.05) is 0 Å². The van der Waals surface area contributed by atoms with Crippen LogP contribution in [0.3, 0.4) is 0 Å². The van der Waals surface area contributed by atoms with Crippen molar-refractivity contribution < 1.29 is 81.6 Å². The molecule has 1 aliphatic heterocycles. The molecule has 0 aliphatic carbocycles. The van der Waals surface area contributed by atoms with Gasteiger partial charge in [0.15, 0.2) is 12.3 Å². The van der Waals surface area contributed by atoms with Gasteiger partial charge in [-0.05, 0) is 76.7 Å². The summed E-state index contributed by atoms with van der Waals surface area (Å²) in [7, 11) is -11.0. The van der Waals surface area contributed by atoms with Crippen molar-refractivity contribution in [1.82, 2.24) is 9.55 Å². The predicted octanol–water partition coefficient (Wildman–Crippen LogP) is 7.91. The van der Waals surface area contributed by atoms with E-state index < -0.39 is 102 Å². The molecule has 1 saturated heterocycles. The summed E-state index contributed by atoms with van der Waals surface area (Å²) in [6.45, 7) is 1.56. The van der Waals surface area contributed by atoms with Crippen molar-refractivity contribution in [3.8, 4) is 0 Å². The van der Waals surface area contributed by atoms with Gasteiger partial charge in [-0.2, -0.15) is 9.29 Å². The van der Waals surface area contributed by atoms with Crippen molar-refractivity contribution in [2.24, 2.45) is 0 Å². The number of phosphoric ester groups is 2. The van der Waals surface area contributed by atoms with Gasteiger partial charge in [0.2, 0.25) is 0 Å². The third kappa shape index (κ3) is 32.7. The molecule has 1 aliphatic rings. The SMILES string of the molecule is CC/C=C\C/C=C\C/C=C\C/C=C\C/C=C\CCCCCC(=O)OC[C@H](COP(=O)(O)OP(=O)(O)OC[C@H]1O[C@@H](n2ccc(N)nc2=O)[C@H](O)[C@@H]1O)OC(=O)CCC[C@H](O)[C@@H](O)/C=C/C=C/C=C\C=C\[C@@H](O)CCCCC. The largest absolute Gasteiger partial charge is 0.481 e. The number of rotatable bonds is 41. The molecule has 0 amide bonds. The number of nitrogens with two attached hydrogens (primary N) is 1. The Bertz CT molecular complexity index is 2280. The van der Waals surface area contributed by atoms with Crippen molar-refractivity contribution in [1.29, 1.82) is 0 Å². The third-order valence-electron chi connectivity index (χ3n) is 11.2. The molecule has 0 saturated carbocycles. The Morgan fingerprint density at radius 2 is 1.32 bits per heavy atom. The van der Waals surface area contributed by atoms with Gasteiger partial charge in [-0.15, -0.1) is 0 Å². The van der Waals surface area contributed by atoms with E-state index in [9.17, 15) is 58.8 Å². The number of unbranched alkanes of at least 4 members (excludes halogenated alkanes) is 5. The monoisotopic (exact) mass is 1120 g/mol. The Labute approximate surface area is 452 Å². The van der Waals surface area contributed by atoms with E-state index in [0.717, 1.165) is 75.0 Å². The zero-order valence-electron chi connectivity index (χ0n) is 44.3. The fourth-order valence-corrected chi connectivity index (χ4v) is 9.13. The van der Waals surface area contributed by atoms with Crippen molar-refractivity contribution in [3.05, 3.63) is 132 Å². The summed E-state index contributed by atoms with van der Waals surface area (Å²) in [6, 6.07) is 1.22. The summed E-state index contributed by atoms with van der Waals surface area (Å²) in [5.74, 6) is -1.70. The van der Waals surface area contributed by atoms with E-state index in [2.05, 4.69) is 83.9 Å². The van der Waals surface area contributed by atoms with Gasteiger partial charge in [0.05, 0.1) is 31.5 Å². The molecule has 2 heterocycles. The Morgan fingerprint density at radius 1 is 0.727 bits per heavy atom. The summed E-state index contributed by atoms with van der Waals surface area (Å²) < 4.78 is 56.5. The lowest BCUT2D eigenvalue weighted by molar-refractivity contribution is -0.161. The van der Waals surface area contributed by atoms with Crippen LogP contribution in [0.5, 0.6) is 0 Å². The second-order valence-corrected chi connectivity index (χ2v) is 20.9. The van der Waals surface area contributed by atoms with E-state index in [4.69, 9.17) is 29.0 Å². The maximum atomic E-state index is 12.9. The highest BCUT2D eigenvalue weighted by Crippen LogP contribution is 2.60. The highest BCUT2D eigenvalue weighted by Gasteiger charge is 2.46. The number of phosphoric acid groups is 2. The molecule has 10 atom stereocenters. The Kier molecular flexibility index (Phi) is 36.0. The average molecular weight is 1120 g/mol. The lowest BCUT2D eigenvalue weighted by Gasteiger charge is -2.21. The summed E-state index contributed by atoms with van der Waals surface area (Å²) in [4.78, 5) is 62.0. The number of esters is 2. The highest BCUT2D eigenvalue weighted by atomic mass is 31.3. The summed E-state index contributed by atoms with van der Waals surface area (Å²) in [5, 5.41) is 51.7. The number of aromatic nitrogens is 2. The molecule has 1 aromatic rings. The van der Waals surface area contributed by atoms with Crippen LogP contribution in [0.25, 0.3) is 0 Å². The van der Waals surface area contributed by atoms with Crippen LogP contribution in [0.1, 0.15) is 129 Å². The fourth-order valence-electron chi connectivity index (χ4n) is 7.02. The second kappa shape index (κ2) is 40.5. The molecule has 1 aromatic heterocycles. The van der Waals surface area contributed by atoms with Crippen molar-refractivity contribution in [3.63, 3.8) is 0 Å². The molecule has 2 unspecified atom stereocenters. The lowest BCUT2D eigenvalue weighted by atomic mass is 10.1. The van der Waals surface area contributed by atoms with Gasteiger partial charge in [0.1, 0.15) is 30.7 Å². The molecule has 1 fully saturated rings. The molecular weight excluding hydrogens is 1040 g/mol.